The number of nitrogens with one attached hydrogen (secondary N) is 2. The molecule has 1 aromatic heterocycles. The van der Waals surface area contributed by atoms with Crippen LogP contribution in [0.5, 0.6) is 0 Å². The topological polar surface area (TPSA) is 120 Å². The van der Waals surface area contributed by atoms with E-state index in [0.29, 0.717) is 38.2 Å². The van der Waals surface area contributed by atoms with Gasteiger partial charge in [0.25, 0.3) is 0 Å². The lowest BCUT2D eigenvalue weighted by Gasteiger charge is -2.41. The maximum atomic E-state index is 12.8. The van der Waals surface area contributed by atoms with Gasteiger partial charge in [0, 0.05) is 31.6 Å². The van der Waals surface area contributed by atoms with Gasteiger partial charge in [-0.2, -0.15) is 13.2 Å². The summed E-state index contributed by atoms with van der Waals surface area (Å²) in [6.45, 7) is 4.15. The van der Waals surface area contributed by atoms with Crippen LogP contribution in [0.25, 0.3) is 0 Å². The van der Waals surface area contributed by atoms with Gasteiger partial charge in [0.15, 0.2) is 5.69 Å². The minimum Gasteiger partial charge on any atom is -0.480 e. The second-order valence-electron chi connectivity index (χ2n) is 10.1. The Kier molecular flexibility index (Phi) is 9.19. The summed E-state index contributed by atoms with van der Waals surface area (Å²) in [5.74, 6) is -0.711. The number of alkyl halides is 3. The number of carbonyl (C=O) groups excluding carboxylic acids is 1. The highest BCUT2D eigenvalue weighted by Gasteiger charge is 2.34. The quantitative estimate of drug-likeness (QED) is 0.464. The molecule has 0 radical (unpaired) electrons. The largest absolute Gasteiger partial charge is 0.480 e. The zero-order valence-electron chi connectivity index (χ0n) is 20.8. The molecule has 0 aromatic carbocycles. The fourth-order valence-corrected chi connectivity index (χ4v) is 5.38. The molecular weight excluding hydrogens is 493 g/mol. The monoisotopic (exact) mass is 528 g/mol. The van der Waals surface area contributed by atoms with Crippen LogP contribution in [0.4, 0.5) is 19.0 Å². The van der Waals surface area contributed by atoms with Crippen LogP contribution in [0, 0.1) is 5.92 Å². The average Bonchev–Trinajstić information content (AvgIpc) is 2.88. The van der Waals surface area contributed by atoms with Crippen LogP contribution in [0.1, 0.15) is 44.2 Å². The van der Waals surface area contributed by atoms with Gasteiger partial charge in [0.1, 0.15) is 5.82 Å². The molecule has 3 aliphatic rings. The number of carbonyl (C=O) groups is 2. The van der Waals surface area contributed by atoms with Crippen LogP contribution in [0.15, 0.2) is 12.4 Å². The second kappa shape index (κ2) is 12.4. The molecule has 0 spiro atoms. The van der Waals surface area contributed by atoms with Crippen molar-refractivity contribution >= 4 is 17.7 Å². The number of aromatic nitrogens is 2. The first kappa shape index (κ1) is 27.5. The van der Waals surface area contributed by atoms with Crippen molar-refractivity contribution in [2.75, 3.05) is 51.2 Å². The number of rotatable bonds is 8. The third-order valence-corrected chi connectivity index (χ3v) is 7.48. The fraction of sp³-hybridized carbons (Fsp3) is 0.750. The molecule has 4 rings (SSSR count). The van der Waals surface area contributed by atoms with Gasteiger partial charge in [-0.05, 0) is 51.6 Å². The second-order valence-corrected chi connectivity index (χ2v) is 10.1. The molecule has 1 unspecified atom stereocenters. The molecule has 10 nitrogen and oxygen atoms in total. The van der Waals surface area contributed by atoms with E-state index in [1.807, 2.05) is 4.90 Å². The molecule has 37 heavy (non-hydrogen) atoms. The van der Waals surface area contributed by atoms with Crippen LogP contribution in [-0.4, -0.2) is 101 Å². The highest BCUT2D eigenvalue weighted by atomic mass is 19.4. The van der Waals surface area contributed by atoms with Crippen molar-refractivity contribution in [3.63, 3.8) is 0 Å². The van der Waals surface area contributed by atoms with Gasteiger partial charge in [-0.25, -0.2) is 4.98 Å². The highest BCUT2D eigenvalue weighted by molar-refractivity contribution is 5.78. The SMILES string of the molecule is O=C(O)CN1CCC(N2CCC(C(=O)NCC3CC[C@@H](Nc4cncc(C(F)(F)F)n4)CO3)CC2)CC1. The summed E-state index contributed by atoms with van der Waals surface area (Å²) in [6.07, 6.45) is 2.14. The van der Waals surface area contributed by atoms with E-state index in [2.05, 4.69) is 25.5 Å². The zero-order valence-corrected chi connectivity index (χ0v) is 20.8. The number of anilines is 1. The molecule has 3 aliphatic heterocycles. The Hall–Kier alpha value is -2.51. The molecule has 0 aliphatic carbocycles. The van der Waals surface area contributed by atoms with Crippen molar-refractivity contribution in [1.29, 1.82) is 0 Å². The molecule has 206 valence electrons. The number of nitrogens with zero attached hydrogens (tertiary/aromatic N) is 4. The van der Waals surface area contributed by atoms with Crippen molar-refractivity contribution in [2.24, 2.45) is 5.92 Å². The summed E-state index contributed by atoms with van der Waals surface area (Å²) in [7, 11) is 0. The Labute approximate surface area is 213 Å². The third kappa shape index (κ3) is 7.99. The number of amides is 1. The Balaban J connectivity index is 1.11. The minimum atomic E-state index is -4.55. The normalized spacial score (nSPS) is 25.1. The molecule has 1 aromatic rings. The van der Waals surface area contributed by atoms with Crippen LogP contribution in [0.2, 0.25) is 0 Å². The predicted octanol–water partition coefficient (Wildman–Crippen LogP) is 1.83. The van der Waals surface area contributed by atoms with Gasteiger partial charge < -0.3 is 25.4 Å². The number of hydrogen-bond donors (Lipinski definition) is 3. The Bertz CT molecular complexity index is 912. The maximum Gasteiger partial charge on any atom is 0.434 e. The summed E-state index contributed by atoms with van der Waals surface area (Å²) in [6, 6.07) is 0.276. The number of carboxylic acid groups (broad SMARTS) is 1. The summed E-state index contributed by atoms with van der Waals surface area (Å²) in [5.41, 5.74) is -1.04. The Morgan fingerprint density at radius 1 is 1.05 bits per heavy atom. The summed E-state index contributed by atoms with van der Waals surface area (Å²) in [5, 5.41) is 14.9. The molecule has 0 bridgehead atoms. The Morgan fingerprint density at radius 3 is 2.41 bits per heavy atom. The lowest BCUT2D eigenvalue weighted by atomic mass is 9.92. The van der Waals surface area contributed by atoms with E-state index in [0.717, 1.165) is 51.9 Å². The van der Waals surface area contributed by atoms with E-state index < -0.39 is 17.8 Å². The first-order chi connectivity index (χ1) is 17.7. The lowest BCUT2D eigenvalue weighted by molar-refractivity contribution is -0.141. The Morgan fingerprint density at radius 2 is 1.78 bits per heavy atom. The van der Waals surface area contributed by atoms with E-state index in [9.17, 15) is 22.8 Å². The minimum absolute atomic E-state index is 0.0270. The number of carboxylic acids is 1. The number of halogens is 3. The van der Waals surface area contributed by atoms with Crippen LogP contribution in [0.3, 0.4) is 0 Å². The van der Waals surface area contributed by atoms with Gasteiger partial charge in [0.2, 0.25) is 5.91 Å². The van der Waals surface area contributed by atoms with Gasteiger partial charge in [0.05, 0.1) is 37.7 Å². The molecular formula is C24H35F3N6O4. The predicted molar refractivity (Wildman–Crippen MR) is 128 cm³/mol. The number of piperidine rings is 2. The standard InChI is InChI=1S/C24H35F3N6O4/c25-24(26,27)20-12-28-13-21(31-20)30-17-1-2-19(37-15-17)11-29-23(36)16-3-9-33(10-4-16)18-5-7-32(8-6-18)14-22(34)35/h12-13,16-19H,1-11,14-15H2,(H,29,36)(H,30,31)(H,34,35)/t17-,19?/m1/s1. The van der Waals surface area contributed by atoms with Crippen LogP contribution < -0.4 is 10.6 Å². The average molecular weight is 529 g/mol. The van der Waals surface area contributed by atoms with Crippen LogP contribution in [-0.2, 0) is 20.5 Å². The summed E-state index contributed by atoms with van der Waals surface area (Å²) >= 11 is 0. The lowest BCUT2D eigenvalue weighted by Crippen LogP contribution is -2.50. The van der Waals surface area contributed by atoms with Crippen molar-refractivity contribution in [2.45, 2.75) is 62.9 Å². The van der Waals surface area contributed by atoms with Gasteiger partial charge in [-0.15, -0.1) is 0 Å². The van der Waals surface area contributed by atoms with Crippen molar-refractivity contribution in [1.82, 2.24) is 25.1 Å². The first-order valence-corrected chi connectivity index (χ1v) is 12.9. The van der Waals surface area contributed by atoms with E-state index >= 15 is 0 Å². The third-order valence-electron chi connectivity index (χ3n) is 7.48. The summed E-state index contributed by atoms with van der Waals surface area (Å²) < 4.78 is 44.3. The zero-order chi connectivity index (χ0) is 26.4. The highest BCUT2D eigenvalue weighted by Crippen LogP contribution is 2.28. The number of ether oxygens (including phenoxy) is 1. The molecule has 3 fully saturated rings. The van der Waals surface area contributed by atoms with Gasteiger partial charge >= 0.3 is 12.1 Å². The smallest absolute Gasteiger partial charge is 0.434 e. The molecule has 0 saturated carbocycles. The number of likely N-dealkylation sites (tertiary alicyclic amines) is 2. The molecule has 3 N–H and O–H groups in total. The molecule has 2 atom stereocenters. The van der Waals surface area contributed by atoms with Gasteiger partial charge in [-0.3, -0.25) is 19.5 Å². The van der Waals surface area contributed by atoms with E-state index in [1.54, 1.807) is 0 Å². The number of aliphatic carboxylic acids is 1. The molecule has 1 amide bonds. The van der Waals surface area contributed by atoms with Gasteiger partial charge in [-0.1, -0.05) is 0 Å². The van der Waals surface area contributed by atoms with E-state index in [1.165, 1.54) is 6.20 Å². The number of hydrogen-bond acceptors (Lipinski definition) is 8. The molecule has 13 heteroatoms. The molecule has 4 heterocycles. The summed E-state index contributed by atoms with van der Waals surface area (Å²) in [4.78, 5) is 35.2. The van der Waals surface area contributed by atoms with Crippen molar-refractivity contribution < 1.29 is 32.6 Å². The van der Waals surface area contributed by atoms with E-state index in [-0.39, 0.29) is 36.3 Å². The maximum absolute atomic E-state index is 12.8. The van der Waals surface area contributed by atoms with Crippen LogP contribution >= 0.6 is 0 Å². The van der Waals surface area contributed by atoms with Crippen molar-refractivity contribution in [3.8, 4) is 0 Å². The molecule has 3 saturated heterocycles. The first-order valence-electron chi connectivity index (χ1n) is 12.9. The fourth-order valence-electron chi connectivity index (χ4n) is 5.38. The van der Waals surface area contributed by atoms with Crippen molar-refractivity contribution in [3.05, 3.63) is 18.1 Å². The van der Waals surface area contributed by atoms with E-state index in [4.69, 9.17) is 9.84 Å².